The van der Waals surface area contributed by atoms with Gasteiger partial charge in [-0.3, -0.25) is 9.59 Å². The first-order valence-electron chi connectivity index (χ1n) is 8.46. The number of hydrogen-bond donors (Lipinski definition) is 1. The number of nitrogens with one attached hydrogen (secondary N) is 1. The predicted molar refractivity (Wildman–Crippen MR) is 91.4 cm³/mol. The van der Waals surface area contributed by atoms with E-state index in [9.17, 15) is 9.59 Å². The van der Waals surface area contributed by atoms with Crippen molar-refractivity contribution in [3.05, 3.63) is 42.5 Å². The Bertz CT molecular complexity index is 816. The smallest absolute Gasteiger partial charge is 0.263 e. The first kappa shape index (κ1) is 15.7. The molecule has 3 heterocycles. The molecule has 130 valence electrons. The molecule has 7 nitrogen and oxygen atoms in total. The number of aromatic nitrogens is 2. The molecule has 0 saturated heterocycles. The minimum absolute atomic E-state index is 0.0424. The number of imidazole rings is 1. The van der Waals surface area contributed by atoms with Crippen LogP contribution in [-0.2, 0) is 22.6 Å². The first-order chi connectivity index (χ1) is 12.1. The summed E-state index contributed by atoms with van der Waals surface area (Å²) < 4.78 is 7.91. The van der Waals surface area contributed by atoms with Crippen LogP contribution < -0.4 is 15.0 Å². The number of amides is 2. The summed E-state index contributed by atoms with van der Waals surface area (Å²) in [6.45, 7) is 2.43. The molecule has 0 unspecified atom stereocenters. The highest BCUT2D eigenvalue weighted by molar-refractivity contribution is 5.95. The topological polar surface area (TPSA) is 76.5 Å². The van der Waals surface area contributed by atoms with Crippen molar-refractivity contribution < 1.29 is 14.3 Å². The lowest BCUT2D eigenvalue weighted by Gasteiger charge is -2.34. The summed E-state index contributed by atoms with van der Waals surface area (Å²) in [6, 6.07) is 7.33. The number of carbonyl (C=O) groups excluding carboxylic acids is 2. The minimum Gasteiger partial charge on any atom is -0.477 e. The van der Waals surface area contributed by atoms with Gasteiger partial charge in [0.1, 0.15) is 11.6 Å². The number of aryl methyl sites for hydroxylation is 1. The second kappa shape index (κ2) is 6.23. The quantitative estimate of drug-likeness (QED) is 0.889. The molecule has 0 saturated carbocycles. The second-order valence-corrected chi connectivity index (χ2v) is 6.44. The van der Waals surface area contributed by atoms with E-state index in [-0.39, 0.29) is 24.4 Å². The lowest BCUT2D eigenvalue weighted by molar-refractivity contribution is -0.129. The van der Waals surface area contributed by atoms with Gasteiger partial charge in [-0.1, -0.05) is 12.1 Å². The Morgan fingerprint density at radius 2 is 2.12 bits per heavy atom. The third-order valence-corrected chi connectivity index (χ3v) is 4.73. The number of fused-ring (bicyclic) bond motifs is 2. The fraction of sp³-hybridized carbons (Fsp3) is 0.389. The molecule has 0 fully saturated rings. The number of ether oxygens (including phenoxy) is 1. The summed E-state index contributed by atoms with van der Waals surface area (Å²) in [6.07, 6.45) is 4.70. The molecule has 4 rings (SSSR count). The van der Waals surface area contributed by atoms with Crippen LogP contribution in [0.4, 0.5) is 5.69 Å². The van der Waals surface area contributed by atoms with Gasteiger partial charge in [0.15, 0.2) is 6.10 Å². The molecular formula is C18H20N4O3. The summed E-state index contributed by atoms with van der Waals surface area (Å²) in [5.41, 5.74) is 0.708. The molecule has 2 aliphatic heterocycles. The summed E-state index contributed by atoms with van der Waals surface area (Å²) in [5, 5.41) is 3.06. The number of hydrogen-bond acceptors (Lipinski definition) is 4. The number of nitrogens with zero attached hydrogens (tertiary/aromatic N) is 3. The van der Waals surface area contributed by atoms with Crippen molar-refractivity contribution in [2.24, 2.45) is 0 Å². The van der Waals surface area contributed by atoms with E-state index in [2.05, 4.69) is 14.9 Å². The maximum Gasteiger partial charge on any atom is 0.263 e. The van der Waals surface area contributed by atoms with Crippen molar-refractivity contribution >= 4 is 17.5 Å². The van der Waals surface area contributed by atoms with E-state index in [0.29, 0.717) is 18.0 Å². The van der Waals surface area contributed by atoms with Gasteiger partial charge in [0.25, 0.3) is 5.91 Å². The van der Waals surface area contributed by atoms with Crippen LogP contribution in [0.5, 0.6) is 5.75 Å². The number of rotatable bonds is 2. The van der Waals surface area contributed by atoms with E-state index in [0.717, 1.165) is 18.7 Å². The molecule has 2 amide bonds. The fourth-order valence-corrected chi connectivity index (χ4v) is 3.45. The van der Waals surface area contributed by atoms with Crippen molar-refractivity contribution in [1.29, 1.82) is 0 Å². The molecular weight excluding hydrogens is 320 g/mol. The lowest BCUT2D eigenvalue weighted by atomic mass is 10.1. The zero-order valence-electron chi connectivity index (χ0n) is 14.0. The average molecular weight is 340 g/mol. The van der Waals surface area contributed by atoms with E-state index < -0.39 is 6.10 Å². The molecule has 1 aromatic heterocycles. The number of anilines is 1. The minimum atomic E-state index is -0.706. The monoisotopic (exact) mass is 340 g/mol. The van der Waals surface area contributed by atoms with Crippen LogP contribution in [0.3, 0.4) is 0 Å². The SMILES string of the molecule is CC(=O)N1C[C@H](C(=O)N[C@H]2CCc3nccn3C2)Oc2ccccc21. The second-order valence-electron chi connectivity index (χ2n) is 6.44. The summed E-state index contributed by atoms with van der Waals surface area (Å²) in [7, 11) is 0. The number of para-hydroxylation sites is 2. The van der Waals surface area contributed by atoms with Crippen LogP contribution in [0.15, 0.2) is 36.7 Å². The van der Waals surface area contributed by atoms with Gasteiger partial charge < -0.3 is 19.5 Å². The van der Waals surface area contributed by atoms with Crippen molar-refractivity contribution in [2.75, 3.05) is 11.4 Å². The largest absolute Gasteiger partial charge is 0.477 e. The van der Waals surface area contributed by atoms with E-state index in [4.69, 9.17) is 4.74 Å². The molecule has 1 aromatic carbocycles. The van der Waals surface area contributed by atoms with Crippen LogP contribution in [0, 0.1) is 0 Å². The Hall–Kier alpha value is -2.83. The van der Waals surface area contributed by atoms with E-state index in [1.165, 1.54) is 6.92 Å². The van der Waals surface area contributed by atoms with Crippen LogP contribution >= 0.6 is 0 Å². The highest BCUT2D eigenvalue weighted by Gasteiger charge is 2.33. The summed E-state index contributed by atoms with van der Waals surface area (Å²) in [4.78, 5) is 30.5. The van der Waals surface area contributed by atoms with Crippen molar-refractivity contribution in [1.82, 2.24) is 14.9 Å². The Morgan fingerprint density at radius 3 is 2.96 bits per heavy atom. The zero-order chi connectivity index (χ0) is 17.4. The Balaban J connectivity index is 1.47. The standard InChI is InChI=1S/C18H20N4O3/c1-12(23)22-11-16(25-15-5-3-2-4-14(15)22)18(24)20-13-6-7-17-19-8-9-21(17)10-13/h2-5,8-9,13,16H,6-7,10-11H2,1H3,(H,20,24)/t13-,16+/m0/s1. The Morgan fingerprint density at radius 1 is 1.28 bits per heavy atom. The molecule has 0 aliphatic carbocycles. The van der Waals surface area contributed by atoms with Gasteiger partial charge >= 0.3 is 0 Å². The maximum atomic E-state index is 12.7. The van der Waals surface area contributed by atoms with Gasteiger partial charge in [-0.25, -0.2) is 4.98 Å². The molecule has 0 bridgehead atoms. The molecule has 7 heteroatoms. The number of carbonyl (C=O) groups is 2. The molecule has 2 atom stereocenters. The molecule has 2 aliphatic rings. The normalized spacial score (nSPS) is 21.7. The van der Waals surface area contributed by atoms with Crippen molar-refractivity contribution in [2.45, 2.75) is 38.5 Å². The van der Waals surface area contributed by atoms with Crippen LogP contribution in [0.1, 0.15) is 19.2 Å². The van der Waals surface area contributed by atoms with Crippen molar-refractivity contribution in [3.63, 3.8) is 0 Å². The van der Waals surface area contributed by atoms with Gasteiger partial charge in [-0.15, -0.1) is 0 Å². The first-order valence-corrected chi connectivity index (χ1v) is 8.46. The maximum absolute atomic E-state index is 12.7. The third kappa shape index (κ3) is 2.97. The summed E-state index contributed by atoms with van der Waals surface area (Å²) >= 11 is 0. The molecule has 1 N–H and O–H groups in total. The van der Waals surface area contributed by atoms with Crippen LogP contribution in [-0.4, -0.2) is 40.1 Å². The third-order valence-electron chi connectivity index (χ3n) is 4.73. The van der Waals surface area contributed by atoms with E-state index >= 15 is 0 Å². The highest BCUT2D eigenvalue weighted by Crippen LogP contribution is 2.33. The van der Waals surface area contributed by atoms with Gasteiger partial charge in [-0.05, 0) is 18.6 Å². The Labute approximate surface area is 145 Å². The Kier molecular flexibility index (Phi) is 3.91. The van der Waals surface area contributed by atoms with Gasteiger partial charge in [0.2, 0.25) is 5.91 Å². The molecule has 0 spiro atoms. The van der Waals surface area contributed by atoms with Gasteiger partial charge in [0.05, 0.1) is 12.2 Å². The van der Waals surface area contributed by atoms with Crippen molar-refractivity contribution in [3.8, 4) is 5.75 Å². The van der Waals surface area contributed by atoms with Crippen LogP contribution in [0.2, 0.25) is 0 Å². The molecule has 0 radical (unpaired) electrons. The summed E-state index contributed by atoms with van der Waals surface area (Å²) in [5.74, 6) is 1.32. The van der Waals surface area contributed by atoms with Gasteiger partial charge in [-0.2, -0.15) is 0 Å². The predicted octanol–water partition coefficient (Wildman–Crippen LogP) is 1.13. The molecule has 2 aromatic rings. The lowest BCUT2D eigenvalue weighted by Crippen LogP contribution is -2.53. The number of benzene rings is 1. The van der Waals surface area contributed by atoms with Gasteiger partial charge in [0, 0.05) is 38.3 Å². The van der Waals surface area contributed by atoms with E-state index in [1.807, 2.05) is 24.4 Å². The van der Waals surface area contributed by atoms with Crippen LogP contribution in [0.25, 0.3) is 0 Å². The highest BCUT2D eigenvalue weighted by atomic mass is 16.5. The molecule has 25 heavy (non-hydrogen) atoms. The van der Waals surface area contributed by atoms with E-state index in [1.54, 1.807) is 17.2 Å². The fourth-order valence-electron chi connectivity index (χ4n) is 3.45. The zero-order valence-corrected chi connectivity index (χ0v) is 14.0. The average Bonchev–Trinajstić information content (AvgIpc) is 3.08.